The Bertz CT molecular complexity index is 305. The number of phenolic OH excluding ortho intramolecular Hbond substituents is 1. The number of hydrogen-bond acceptors (Lipinski definition) is 2. The van der Waals surface area contributed by atoms with Gasteiger partial charge in [0.25, 0.3) is 0 Å². The average molecular weight is 163 g/mol. The molecule has 0 amide bonds. The molecule has 0 aliphatic carbocycles. The van der Waals surface area contributed by atoms with Crippen LogP contribution in [-0.4, -0.2) is 10.8 Å². The van der Waals surface area contributed by atoms with Gasteiger partial charge in [-0.15, -0.1) is 0 Å². The molecule has 0 aliphatic heterocycles. The molecule has 0 heterocycles. The lowest BCUT2D eigenvalue weighted by atomic mass is 10.0. The largest absolute Gasteiger partial charge is 0.508 e. The minimum Gasteiger partial charge on any atom is -0.508 e. The fourth-order valence-corrected chi connectivity index (χ4v) is 1.22. The molecule has 0 radical (unpaired) electrons. The number of nitrogens with one attached hydrogen (secondary N) is 1. The maximum atomic E-state index is 9.19. The van der Waals surface area contributed by atoms with E-state index in [1.807, 2.05) is 13.0 Å². The van der Waals surface area contributed by atoms with Gasteiger partial charge in [0.2, 0.25) is 0 Å². The van der Waals surface area contributed by atoms with Crippen molar-refractivity contribution in [2.75, 3.05) is 0 Å². The molecule has 0 spiro atoms. The summed E-state index contributed by atoms with van der Waals surface area (Å²) in [5, 5.41) is 16.7. The Morgan fingerprint density at radius 3 is 2.67 bits per heavy atom. The predicted octanol–water partition coefficient (Wildman–Crippen LogP) is 2.34. The summed E-state index contributed by atoms with van der Waals surface area (Å²) in [6.07, 6.45) is 0.895. The van der Waals surface area contributed by atoms with E-state index in [-0.39, 0.29) is 5.75 Å². The molecule has 0 fully saturated rings. The predicted molar refractivity (Wildman–Crippen MR) is 50.0 cm³/mol. The molecule has 0 unspecified atom stereocenters. The molecule has 64 valence electrons. The zero-order chi connectivity index (χ0) is 9.14. The van der Waals surface area contributed by atoms with Crippen molar-refractivity contribution in [3.63, 3.8) is 0 Å². The molecule has 0 aliphatic rings. The average Bonchev–Trinajstić information content (AvgIpc) is 2.04. The summed E-state index contributed by atoms with van der Waals surface area (Å²) >= 11 is 0. The highest BCUT2D eigenvalue weighted by atomic mass is 16.3. The van der Waals surface area contributed by atoms with Gasteiger partial charge in [0.1, 0.15) is 5.75 Å². The van der Waals surface area contributed by atoms with Crippen molar-refractivity contribution in [2.24, 2.45) is 0 Å². The Morgan fingerprint density at radius 2 is 2.17 bits per heavy atom. The molecule has 0 bridgehead atoms. The van der Waals surface area contributed by atoms with E-state index in [0.29, 0.717) is 5.71 Å². The van der Waals surface area contributed by atoms with E-state index in [4.69, 9.17) is 5.41 Å². The van der Waals surface area contributed by atoms with Crippen LogP contribution in [0.2, 0.25) is 0 Å². The summed E-state index contributed by atoms with van der Waals surface area (Å²) in [5.41, 5.74) is 2.46. The second-order valence-electron chi connectivity index (χ2n) is 2.82. The molecule has 0 atom stereocenters. The standard InChI is InChI=1S/C10H13NO/c1-3-8-4-5-9(12)6-10(8)7(2)11/h4-6,11-12H,3H2,1-2H3. The van der Waals surface area contributed by atoms with Crippen LogP contribution in [0.3, 0.4) is 0 Å². The van der Waals surface area contributed by atoms with Crippen molar-refractivity contribution in [2.45, 2.75) is 20.3 Å². The van der Waals surface area contributed by atoms with Crippen LogP contribution < -0.4 is 0 Å². The summed E-state index contributed by atoms with van der Waals surface area (Å²) in [4.78, 5) is 0. The van der Waals surface area contributed by atoms with E-state index >= 15 is 0 Å². The zero-order valence-corrected chi connectivity index (χ0v) is 7.39. The molecule has 1 aromatic carbocycles. The normalized spacial score (nSPS) is 9.83. The Hall–Kier alpha value is -1.31. The van der Waals surface area contributed by atoms with Gasteiger partial charge in [-0.05, 0) is 31.0 Å². The molecule has 2 nitrogen and oxygen atoms in total. The summed E-state index contributed by atoms with van der Waals surface area (Å²) < 4.78 is 0. The SMILES string of the molecule is CCc1ccc(O)cc1C(C)=N. The van der Waals surface area contributed by atoms with E-state index in [1.165, 1.54) is 0 Å². The van der Waals surface area contributed by atoms with Gasteiger partial charge in [-0.2, -0.15) is 0 Å². The number of rotatable bonds is 2. The first-order valence-electron chi connectivity index (χ1n) is 4.02. The lowest BCUT2D eigenvalue weighted by Gasteiger charge is -2.05. The third kappa shape index (κ3) is 1.64. The van der Waals surface area contributed by atoms with Crippen molar-refractivity contribution in [3.8, 4) is 5.75 Å². The van der Waals surface area contributed by atoms with Crippen LogP contribution in [0.1, 0.15) is 25.0 Å². The number of aryl methyl sites for hydroxylation is 1. The molecule has 0 saturated carbocycles. The molecule has 12 heavy (non-hydrogen) atoms. The maximum Gasteiger partial charge on any atom is 0.116 e. The molecule has 2 N–H and O–H groups in total. The fraction of sp³-hybridized carbons (Fsp3) is 0.300. The number of aromatic hydroxyl groups is 1. The highest BCUT2D eigenvalue weighted by molar-refractivity contribution is 5.97. The summed E-state index contributed by atoms with van der Waals surface area (Å²) in [7, 11) is 0. The van der Waals surface area contributed by atoms with Crippen molar-refractivity contribution < 1.29 is 5.11 Å². The topological polar surface area (TPSA) is 44.1 Å². The second kappa shape index (κ2) is 3.39. The van der Waals surface area contributed by atoms with Crippen molar-refractivity contribution >= 4 is 5.71 Å². The monoisotopic (exact) mass is 163 g/mol. The third-order valence-electron chi connectivity index (χ3n) is 1.88. The van der Waals surface area contributed by atoms with E-state index in [9.17, 15) is 5.11 Å². The van der Waals surface area contributed by atoms with Crippen LogP contribution in [0.4, 0.5) is 0 Å². The Labute approximate surface area is 72.4 Å². The molecule has 0 saturated heterocycles. The van der Waals surface area contributed by atoms with Crippen LogP contribution in [0.15, 0.2) is 18.2 Å². The fourth-order valence-electron chi connectivity index (χ4n) is 1.22. The third-order valence-corrected chi connectivity index (χ3v) is 1.88. The number of benzene rings is 1. The minimum absolute atomic E-state index is 0.230. The van der Waals surface area contributed by atoms with Crippen LogP contribution in [0.5, 0.6) is 5.75 Å². The quantitative estimate of drug-likeness (QED) is 0.646. The van der Waals surface area contributed by atoms with Crippen molar-refractivity contribution in [1.29, 1.82) is 5.41 Å². The van der Waals surface area contributed by atoms with Crippen LogP contribution >= 0.6 is 0 Å². The van der Waals surface area contributed by atoms with Crippen molar-refractivity contribution in [3.05, 3.63) is 29.3 Å². The summed E-state index contributed by atoms with van der Waals surface area (Å²) in [6.45, 7) is 3.77. The molecular weight excluding hydrogens is 150 g/mol. The van der Waals surface area contributed by atoms with Gasteiger partial charge < -0.3 is 10.5 Å². The molecule has 2 heteroatoms. The van der Waals surface area contributed by atoms with E-state index < -0.39 is 0 Å². The highest BCUT2D eigenvalue weighted by Gasteiger charge is 2.03. The second-order valence-corrected chi connectivity index (χ2v) is 2.82. The van der Waals surface area contributed by atoms with E-state index in [0.717, 1.165) is 17.5 Å². The van der Waals surface area contributed by atoms with Gasteiger partial charge in [0, 0.05) is 11.3 Å². The lowest BCUT2D eigenvalue weighted by molar-refractivity contribution is 0.475. The molecular formula is C10H13NO. The van der Waals surface area contributed by atoms with Gasteiger partial charge in [-0.25, -0.2) is 0 Å². The Morgan fingerprint density at radius 1 is 1.50 bits per heavy atom. The first-order chi connectivity index (χ1) is 5.65. The highest BCUT2D eigenvalue weighted by Crippen LogP contribution is 2.17. The lowest BCUT2D eigenvalue weighted by Crippen LogP contribution is -1.97. The number of hydrogen-bond donors (Lipinski definition) is 2. The zero-order valence-electron chi connectivity index (χ0n) is 7.39. The van der Waals surface area contributed by atoms with Gasteiger partial charge in [0.05, 0.1) is 0 Å². The number of phenols is 1. The van der Waals surface area contributed by atoms with E-state index in [2.05, 4.69) is 0 Å². The first kappa shape index (κ1) is 8.78. The van der Waals surface area contributed by atoms with E-state index in [1.54, 1.807) is 19.1 Å². The molecule has 1 rings (SSSR count). The van der Waals surface area contributed by atoms with Crippen LogP contribution in [-0.2, 0) is 6.42 Å². The van der Waals surface area contributed by atoms with Crippen LogP contribution in [0.25, 0.3) is 0 Å². The summed E-state index contributed by atoms with van der Waals surface area (Å²) in [5.74, 6) is 0.230. The van der Waals surface area contributed by atoms with Crippen LogP contribution in [0, 0.1) is 5.41 Å². The smallest absolute Gasteiger partial charge is 0.116 e. The first-order valence-corrected chi connectivity index (χ1v) is 4.02. The van der Waals surface area contributed by atoms with Gasteiger partial charge in [-0.3, -0.25) is 0 Å². The van der Waals surface area contributed by atoms with Crippen molar-refractivity contribution in [1.82, 2.24) is 0 Å². The minimum atomic E-state index is 0.230. The Kier molecular flexibility index (Phi) is 2.48. The summed E-state index contributed by atoms with van der Waals surface area (Å²) in [6, 6.07) is 5.16. The maximum absolute atomic E-state index is 9.19. The van der Waals surface area contributed by atoms with Gasteiger partial charge in [0.15, 0.2) is 0 Å². The van der Waals surface area contributed by atoms with Gasteiger partial charge in [-0.1, -0.05) is 13.0 Å². The van der Waals surface area contributed by atoms with Gasteiger partial charge >= 0.3 is 0 Å². The Balaban J connectivity index is 3.21. The molecule has 0 aromatic heterocycles. The molecule has 1 aromatic rings.